The third-order valence-electron chi connectivity index (χ3n) is 12.6. The van der Waals surface area contributed by atoms with Crippen LogP contribution in [0.15, 0.2) is 194 Å². The second-order valence-corrected chi connectivity index (χ2v) is 17.6. The van der Waals surface area contributed by atoms with Crippen molar-refractivity contribution in [3.63, 3.8) is 0 Å². The molecule has 0 atom stereocenters. The molecular weight excluding hydrogens is 745 g/mol. The minimum absolute atomic E-state index is 0.144. The average molecular weight is 783 g/mol. The number of aromatic nitrogens is 2. The Hall–Kier alpha value is -7.20. The van der Waals surface area contributed by atoms with Gasteiger partial charge in [0, 0.05) is 42.3 Å². The van der Waals surface area contributed by atoms with Gasteiger partial charge in [0.05, 0.1) is 11.4 Å². The summed E-state index contributed by atoms with van der Waals surface area (Å²) in [7, 11) is 0. The minimum atomic E-state index is -0.144. The molecule has 0 unspecified atom stereocenters. The molecule has 11 aromatic rings. The first-order valence-electron chi connectivity index (χ1n) is 20.6. The van der Waals surface area contributed by atoms with Gasteiger partial charge in [-0.15, -0.1) is 11.3 Å². The Labute approximate surface area is 353 Å². The number of hydrogen-bond acceptors (Lipinski definition) is 3. The maximum Gasteiger partial charge on any atom is 0.160 e. The molecule has 0 amide bonds. The summed E-state index contributed by atoms with van der Waals surface area (Å²) >= 11 is 1.88. The highest BCUT2D eigenvalue weighted by atomic mass is 32.1. The second kappa shape index (κ2) is 13.4. The highest BCUT2D eigenvalue weighted by Gasteiger charge is 2.37. The summed E-state index contributed by atoms with van der Waals surface area (Å²) in [4.78, 5) is 10.6. The van der Waals surface area contributed by atoms with Crippen LogP contribution in [0, 0.1) is 0 Å². The lowest BCUT2D eigenvalue weighted by Crippen LogP contribution is -2.14. The zero-order valence-corrected chi connectivity index (χ0v) is 34.1. The lowest BCUT2D eigenvalue weighted by Gasteiger charge is -2.22. The number of rotatable bonds is 5. The Balaban J connectivity index is 0.954. The van der Waals surface area contributed by atoms with Gasteiger partial charge in [0.2, 0.25) is 0 Å². The van der Waals surface area contributed by atoms with Gasteiger partial charge in [-0.1, -0.05) is 166 Å². The summed E-state index contributed by atoms with van der Waals surface area (Å²) in [5.74, 6) is 0.721. The molecule has 0 saturated heterocycles. The first-order chi connectivity index (χ1) is 29.5. The normalized spacial score (nSPS) is 13.0. The van der Waals surface area contributed by atoms with Gasteiger partial charge >= 0.3 is 0 Å². The van der Waals surface area contributed by atoms with E-state index in [0.29, 0.717) is 0 Å². The van der Waals surface area contributed by atoms with Crippen LogP contribution >= 0.6 is 11.3 Å². The summed E-state index contributed by atoms with van der Waals surface area (Å²) in [6, 6.07) is 70.7. The van der Waals surface area contributed by atoms with Crippen LogP contribution in [-0.4, -0.2) is 9.97 Å². The molecule has 1 aliphatic rings. The van der Waals surface area contributed by atoms with E-state index >= 15 is 0 Å². The molecular formula is C57H38N2S. The lowest BCUT2D eigenvalue weighted by molar-refractivity contribution is 0.661. The molecule has 282 valence electrons. The van der Waals surface area contributed by atoms with Gasteiger partial charge in [0.15, 0.2) is 5.82 Å². The Morgan fingerprint density at radius 1 is 0.383 bits per heavy atom. The number of fused-ring (bicyclic) bond motifs is 8. The summed E-state index contributed by atoms with van der Waals surface area (Å²) in [6.07, 6.45) is 0. The van der Waals surface area contributed by atoms with E-state index in [1.807, 2.05) is 17.4 Å². The average Bonchev–Trinajstić information content (AvgIpc) is 3.79. The quantitative estimate of drug-likeness (QED) is 0.174. The van der Waals surface area contributed by atoms with E-state index in [0.717, 1.165) is 33.9 Å². The number of hydrogen-bond donors (Lipinski definition) is 0. The third kappa shape index (κ3) is 5.54. The van der Waals surface area contributed by atoms with Crippen molar-refractivity contribution in [2.24, 2.45) is 0 Å². The summed E-state index contributed by atoms with van der Waals surface area (Å²) in [5, 5.41) is 7.53. The first-order valence-corrected chi connectivity index (χ1v) is 21.5. The number of thiophene rings is 1. The topological polar surface area (TPSA) is 25.8 Å². The van der Waals surface area contributed by atoms with Crippen LogP contribution in [0.3, 0.4) is 0 Å². The van der Waals surface area contributed by atoms with Gasteiger partial charge in [-0.05, 0) is 109 Å². The summed E-state index contributed by atoms with van der Waals surface area (Å²) in [6.45, 7) is 4.70. The highest BCUT2D eigenvalue weighted by Crippen LogP contribution is 2.53. The molecule has 0 radical (unpaired) electrons. The van der Waals surface area contributed by atoms with Crippen molar-refractivity contribution >= 4 is 53.1 Å². The van der Waals surface area contributed by atoms with E-state index in [1.165, 1.54) is 86.2 Å². The monoisotopic (exact) mass is 782 g/mol. The second-order valence-electron chi connectivity index (χ2n) is 16.6. The van der Waals surface area contributed by atoms with Crippen molar-refractivity contribution in [2.45, 2.75) is 19.3 Å². The minimum Gasteiger partial charge on any atom is -0.228 e. The molecule has 12 rings (SSSR count). The van der Waals surface area contributed by atoms with Gasteiger partial charge in [-0.2, -0.15) is 0 Å². The predicted molar refractivity (Wildman–Crippen MR) is 255 cm³/mol. The van der Waals surface area contributed by atoms with Gasteiger partial charge in [0.25, 0.3) is 0 Å². The van der Waals surface area contributed by atoms with Crippen LogP contribution in [-0.2, 0) is 5.41 Å². The van der Waals surface area contributed by atoms with Gasteiger partial charge < -0.3 is 0 Å². The molecule has 2 heterocycles. The van der Waals surface area contributed by atoms with Crippen LogP contribution in [0.2, 0.25) is 0 Å². The van der Waals surface area contributed by atoms with Gasteiger partial charge in [-0.3, -0.25) is 0 Å². The molecule has 9 aromatic carbocycles. The molecule has 3 heteroatoms. The van der Waals surface area contributed by atoms with Gasteiger partial charge in [0.1, 0.15) is 0 Å². The fourth-order valence-electron chi connectivity index (χ4n) is 9.56. The van der Waals surface area contributed by atoms with E-state index in [2.05, 4.69) is 202 Å². The lowest BCUT2D eigenvalue weighted by atomic mass is 9.81. The Morgan fingerprint density at radius 3 is 1.87 bits per heavy atom. The van der Waals surface area contributed by atoms with Crippen molar-refractivity contribution in [3.05, 3.63) is 205 Å². The SMILES string of the molecule is CC1(C)c2cc3ccccc3cc2-c2c(-c3cc(-c4ccc5cc(-c6cccc(-c7cccc8c7sc7ccccc78)c6)ccc5c4)nc(-c4ccccc4)n3)cccc21. The number of nitrogens with zero attached hydrogens (tertiary/aromatic N) is 2. The van der Waals surface area contributed by atoms with Crippen LogP contribution in [0.5, 0.6) is 0 Å². The van der Waals surface area contributed by atoms with Crippen molar-refractivity contribution in [1.82, 2.24) is 9.97 Å². The van der Waals surface area contributed by atoms with Crippen molar-refractivity contribution in [1.29, 1.82) is 0 Å². The van der Waals surface area contributed by atoms with Crippen molar-refractivity contribution in [3.8, 4) is 67.3 Å². The highest BCUT2D eigenvalue weighted by molar-refractivity contribution is 7.26. The van der Waals surface area contributed by atoms with Crippen LogP contribution in [0.1, 0.15) is 25.0 Å². The van der Waals surface area contributed by atoms with E-state index in [-0.39, 0.29) is 5.41 Å². The number of benzene rings is 9. The molecule has 60 heavy (non-hydrogen) atoms. The summed E-state index contributed by atoms with van der Waals surface area (Å²) < 4.78 is 2.66. The van der Waals surface area contributed by atoms with E-state index in [4.69, 9.17) is 9.97 Å². The molecule has 0 bridgehead atoms. The molecule has 2 aromatic heterocycles. The molecule has 1 aliphatic carbocycles. The maximum atomic E-state index is 5.31. The first kappa shape index (κ1) is 34.8. The largest absolute Gasteiger partial charge is 0.228 e. The molecule has 0 spiro atoms. The van der Waals surface area contributed by atoms with Crippen molar-refractivity contribution in [2.75, 3.05) is 0 Å². The fourth-order valence-corrected chi connectivity index (χ4v) is 10.8. The third-order valence-corrected chi connectivity index (χ3v) is 13.9. The predicted octanol–water partition coefficient (Wildman–Crippen LogP) is 15.8. The zero-order valence-electron chi connectivity index (χ0n) is 33.3. The smallest absolute Gasteiger partial charge is 0.160 e. The molecule has 0 fully saturated rings. The Kier molecular flexibility index (Phi) is 7.79. The van der Waals surface area contributed by atoms with E-state index in [9.17, 15) is 0 Å². The zero-order chi connectivity index (χ0) is 40.0. The van der Waals surface area contributed by atoms with Crippen LogP contribution in [0.25, 0.3) is 109 Å². The molecule has 2 nitrogen and oxygen atoms in total. The standard InChI is InChI=1S/C57H38N2S/c1-57(2)49-23-12-22-47(54(49)48-32-37-15-6-7-16-38(37)33-50(48)57)52-34-51(58-56(59-52)35-13-4-3-5-14-35)43-28-27-40-29-39(25-26-41(40)31-43)36-17-10-18-42(30-36)44-20-11-21-46-45-19-8-9-24-53(45)60-55(44)46/h3-34H,1-2H3. The van der Waals surface area contributed by atoms with E-state index in [1.54, 1.807) is 0 Å². The van der Waals surface area contributed by atoms with Crippen LogP contribution in [0.4, 0.5) is 0 Å². The molecule has 0 N–H and O–H groups in total. The Morgan fingerprint density at radius 2 is 1.00 bits per heavy atom. The Bertz CT molecular complexity index is 3520. The van der Waals surface area contributed by atoms with Gasteiger partial charge in [-0.25, -0.2) is 9.97 Å². The van der Waals surface area contributed by atoms with Crippen molar-refractivity contribution < 1.29 is 0 Å². The molecule has 0 saturated carbocycles. The molecule has 0 aliphatic heterocycles. The maximum absolute atomic E-state index is 5.31. The fraction of sp³-hybridized carbons (Fsp3) is 0.0526. The summed E-state index contributed by atoms with van der Waals surface area (Å²) in [5.41, 5.74) is 15.0. The van der Waals surface area contributed by atoms with Crippen LogP contribution < -0.4 is 0 Å². The van der Waals surface area contributed by atoms with E-state index < -0.39 is 0 Å².